The monoisotopic (exact) mass is 148 g/mol. The summed E-state index contributed by atoms with van der Waals surface area (Å²) in [6.07, 6.45) is 0. The summed E-state index contributed by atoms with van der Waals surface area (Å²) in [6.45, 7) is 0. The zero-order chi connectivity index (χ0) is 5.98. The summed E-state index contributed by atoms with van der Waals surface area (Å²) in [5, 5.41) is 0.561. The van der Waals surface area contributed by atoms with E-state index in [2.05, 4.69) is 0 Å². The van der Waals surface area contributed by atoms with Gasteiger partial charge in [-0.3, -0.25) is 0 Å². The van der Waals surface area contributed by atoms with E-state index in [1.54, 1.807) is 0 Å². The molecule has 0 unspecified atom stereocenters. The van der Waals surface area contributed by atoms with Crippen LogP contribution in [0.5, 0.6) is 0 Å². The van der Waals surface area contributed by atoms with E-state index < -0.39 is 0 Å². The lowest BCUT2D eigenvalue weighted by atomic mass is 10.4. The van der Waals surface area contributed by atoms with E-state index in [0.717, 1.165) is 0 Å². The first-order valence-corrected chi connectivity index (χ1v) is 2.58. The summed E-state index contributed by atoms with van der Waals surface area (Å²) in [6, 6.07) is 5.67. The van der Waals surface area contributed by atoms with Crippen LogP contribution < -0.4 is 0 Å². The zero-order valence-electron chi connectivity index (χ0n) is 4.57. The molecule has 0 heterocycles. The fourth-order valence-corrected chi connectivity index (χ4v) is 0.556. The van der Waals surface area contributed by atoms with Gasteiger partial charge >= 0.3 is 0 Å². The van der Waals surface area contributed by atoms with Crippen molar-refractivity contribution in [1.29, 1.82) is 0 Å². The molecule has 1 aromatic rings. The van der Waals surface area contributed by atoms with Gasteiger partial charge in [-0.2, -0.15) is 0 Å². The highest BCUT2D eigenvalue weighted by atomic mass is 35.5. The largest absolute Gasteiger partial charge is 0.412 e. The number of hydrogen-bond acceptors (Lipinski definition) is 0. The average molecular weight is 149 g/mol. The summed E-state index contributed by atoms with van der Waals surface area (Å²) in [5.41, 5.74) is 0. The van der Waals surface area contributed by atoms with Gasteiger partial charge in [-0.15, -0.1) is 0 Å². The van der Waals surface area contributed by atoms with Crippen molar-refractivity contribution in [1.82, 2.24) is 0 Å². The third-order valence-corrected chi connectivity index (χ3v) is 1.06. The van der Waals surface area contributed by atoms with Crippen LogP contribution in [0.2, 0.25) is 5.02 Å². The summed E-state index contributed by atoms with van der Waals surface area (Å²) in [7, 11) is 0. The van der Waals surface area contributed by atoms with E-state index >= 15 is 0 Å². The fourth-order valence-electron chi connectivity index (χ4n) is 0.430. The lowest BCUT2D eigenvalue weighted by molar-refractivity contribution is 0.628. The third kappa shape index (κ3) is 2.44. The highest BCUT2D eigenvalue weighted by Crippen LogP contribution is 2.07. The molecule has 0 saturated carbocycles. The average Bonchev–Trinajstić information content (AvgIpc) is 1.77. The molecule has 0 radical (unpaired) electrons. The second-order valence-electron chi connectivity index (χ2n) is 1.44. The SMILES string of the molecule is Fc1ccc(Cl)cc1.O. The minimum atomic E-state index is -0.255. The Morgan fingerprint density at radius 3 is 1.89 bits per heavy atom. The van der Waals surface area contributed by atoms with Gasteiger partial charge < -0.3 is 5.48 Å². The predicted octanol–water partition coefficient (Wildman–Crippen LogP) is 1.65. The molecule has 1 rings (SSSR count). The Hall–Kier alpha value is -0.600. The van der Waals surface area contributed by atoms with Crippen LogP contribution in [0.25, 0.3) is 0 Å². The van der Waals surface area contributed by atoms with Crippen LogP contribution in [0.4, 0.5) is 4.39 Å². The maximum absolute atomic E-state index is 12.0. The van der Waals surface area contributed by atoms with Gasteiger partial charge in [0, 0.05) is 5.02 Å². The third-order valence-electron chi connectivity index (χ3n) is 0.804. The molecule has 0 aromatic heterocycles. The van der Waals surface area contributed by atoms with Crippen LogP contribution in [0.15, 0.2) is 24.3 Å². The van der Waals surface area contributed by atoms with Crippen molar-refractivity contribution >= 4 is 11.6 Å². The molecule has 2 N–H and O–H groups in total. The normalized spacial score (nSPS) is 8.22. The Morgan fingerprint density at radius 2 is 1.56 bits per heavy atom. The molecule has 0 amide bonds. The standard InChI is InChI=1S/C6H4ClF.H2O/c7-5-1-3-6(8)4-2-5;/h1-4H;1H2. The van der Waals surface area contributed by atoms with Crippen LogP contribution in [0.3, 0.4) is 0 Å². The first-order valence-electron chi connectivity index (χ1n) is 2.20. The van der Waals surface area contributed by atoms with Crippen LogP contribution in [-0.4, -0.2) is 5.48 Å². The van der Waals surface area contributed by atoms with Crippen LogP contribution in [0, 0.1) is 5.82 Å². The summed E-state index contributed by atoms with van der Waals surface area (Å²) >= 11 is 5.44. The second-order valence-corrected chi connectivity index (χ2v) is 1.87. The lowest BCUT2D eigenvalue weighted by Gasteiger charge is -1.84. The molecule has 0 bridgehead atoms. The smallest absolute Gasteiger partial charge is 0.123 e. The molecule has 0 aliphatic rings. The van der Waals surface area contributed by atoms with Crippen molar-refractivity contribution in [2.24, 2.45) is 0 Å². The van der Waals surface area contributed by atoms with Crippen molar-refractivity contribution in [2.75, 3.05) is 0 Å². The van der Waals surface area contributed by atoms with Crippen molar-refractivity contribution in [3.8, 4) is 0 Å². The Bertz CT molecular complexity index is 152. The van der Waals surface area contributed by atoms with Gasteiger partial charge in [-0.1, -0.05) is 11.6 Å². The Balaban J connectivity index is 0.000000640. The topological polar surface area (TPSA) is 31.5 Å². The highest BCUT2D eigenvalue weighted by molar-refractivity contribution is 6.30. The molecule has 0 fully saturated rings. The molecule has 1 aromatic carbocycles. The summed E-state index contributed by atoms with van der Waals surface area (Å²) in [5.74, 6) is -0.255. The highest BCUT2D eigenvalue weighted by Gasteiger charge is 1.85. The van der Waals surface area contributed by atoms with E-state index in [0.29, 0.717) is 5.02 Å². The van der Waals surface area contributed by atoms with E-state index in [9.17, 15) is 4.39 Å². The number of benzene rings is 1. The van der Waals surface area contributed by atoms with Gasteiger partial charge in [-0.25, -0.2) is 4.39 Å². The van der Waals surface area contributed by atoms with Crippen LogP contribution in [-0.2, 0) is 0 Å². The van der Waals surface area contributed by atoms with Crippen molar-refractivity contribution in [3.63, 3.8) is 0 Å². The van der Waals surface area contributed by atoms with Gasteiger partial charge in [-0.05, 0) is 24.3 Å². The van der Waals surface area contributed by atoms with Crippen molar-refractivity contribution < 1.29 is 9.87 Å². The Labute approximate surface area is 57.4 Å². The molecule has 3 heteroatoms. The second kappa shape index (κ2) is 3.43. The van der Waals surface area contributed by atoms with E-state index in [4.69, 9.17) is 11.6 Å². The maximum atomic E-state index is 12.0. The van der Waals surface area contributed by atoms with E-state index in [-0.39, 0.29) is 11.3 Å². The van der Waals surface area contributed by atoms with Gasteiger partial charge in [0.1, 0.15) is 5.82 Å². The number of rotatable bonds is 0. The summed E-state index contributed by atoms with van der Waals surface area (Å²) < 4.78 is 12.0. The number of halogens is 2. The molecule has 0 saturated heterocycles. The van der Waals surface area contributed by atoms with E-state index in [1.807, 2.05) is 0 Å². The van der Waals surface area contributed by atoms with Crippen LogP contribution in [0.1, 0.15) is 0 Å². The van der Waals surface area contributed by atoms with Gasteiger partial charge in [0.25, 0.3) is 0 Å². The molecule has 50 valence electrons. The fraction of sp³-hybridized carbons (Fsp3) is 0. The predicted molar refractivity (Wildman–Crippen MR) is 35.0 cm³/mol. The first kappa shape index (κ1) is 8.40. The van der Waals surface area contributed by atoms with E-state index in [1.165, 1.54) is 24.3 Å². The van der Waals surface area contributed by atoms with Crippen molar-refractivity contribution in [3.05, 3.63) is 35.1 Å². The molecular formula is C6H6ClFO. The lowest BCUT2D eigenvalue weighted by Crippen LogP contribution is -1.67. The Morgan fingerprint density at radius 1 is 1.11 bits per heavy atom. The molecule has 0 aliphatic heterocycles. The van der Waals surface area contributed by atoms with Crippen LogP contribution >= 0.6 is 11.6 Å². The van der Waals surface area contributed by atoms with Gasteiger partial charge in [0.05, 0.1) is 0 Å². The molecule has 9 heavy (non-hydrogen) atoms. The van der Waals surface area contributed by atoms with Gasteiger partial charge in [0.2, 0.25) is 0 Å². The number of hydrogen-bond donors (Lipinski definition) is 0. The zero-order valence-corrected chi connectivity index (χ0v) is 5.32. The maximum Gasteiger partial charge on any atom is 0.123 e. The van der Waals surface area contributed by atoms with Gasteiger partial charge in [0.15, 0.2) is 0 Å². The summed E-state index contributed by atoms with van der Waals surface area (Å²) in [4.78, 5) is 0. The molecule has 1 nitrogen and oxygen atoms in total. The molecular weight excluding hydrogens is 143 g/mol. The minimum Gasteiger partial charge on any atom is -0.412 e. The minimum absolute atomic E-state index is 0. The molecule has 0 aliphatic carbocycles. The molecule has 0 atom stereocenters. The Kier molecular flexibility index (Phi) is 3.20. The quantitative estimate of drug-likeness (QED) is 0.536. The van der Waals surface area contributed by atoms with Crippen molar-refractivity contribution in [2.45, 2.75) is 0 Å². The first-order chi connectivity index (χ1) is 3.79. The molecule has 0 spiro atoms.